The minimum absolute atomic E-state index is 0.340. The highest BCUT2D eigenvalue weighted by molar-refractivity contribution is 5.22. The van der Waals surface area contributed by atoms with Crippen LogP contribution in [0.1, 0.15) is 11.1 Å². The van der Waals surface area contributed by atoms with Gasteiger partial charge in [0.15, 0.2) is 0 Å². The second-order valence-corrected chi connectivity index (χ2v) is 5.30. The molecule has 2 unspecified atom stereocenters. The number of methoxy groups -OCH3 is 2. The van der Waals surface area contributed by atoms with Crippen molar-refractivity contribution in [3.63, 3.8) is 0 Å². The molecule has 0 aromatic heterocycles. The highest BCUT2D eigenvalue weighted by Crippen LogP contribution is 2.04. The molecule has 1 aromatic rings. The van der Waals surface area contributed by atoms with Crippen LogP contribution in [0.2, 0.25) is 0 Å². The third kappa shape index (κ3) is 8.43. The predicted octanol–water partition coefficient (Wildman–Crippen LogP) is -0.120. The molecule has 22 heavy (non-hydrogen) atoms. The fraction of sp³-hybridized carbons (Fsp3) is 0.625. The topological polar surface area (TPSA) is 83.0 Å². The lowest BCUT2D eigenvalue weighted by atomic mass is 10.1. The molecule has 0 heterocycles. The molecule has 0 saturated carbocycles. The molecule has 2 atom stereocenters. The summed E-state index contributed by atoms with van der Waals surface area (Å²) in [5, 5.41) is 25.4. The lowest BCUT2D eigenvalue weighted by Crippen LogP contribution is -2.30. The van der Waals surface area contributed by atoms with E-state index in [4.69, 9.17) is 9.47 Å². The molecule has 6 heteroatoms. The van der Waals surface area contributed by atoms with E-state index in [0.717, 1.165) is 11.1 Å². The van der Waals surface area contributed by atoms with Crippen LogP contribution in [0.5, 0.6) is 0 Å². The van der Waals surface area contributed by atoms with Crippen LogP contribution in [0.4, 0.5) is 0 Å². The van der Waals surface area contributed by atoms with Crippen LogP contribution < -0.4 is 10.6 Å². The maximum Gasteiger partial charge on any atom is 0.0897 e. The first-order valence-electron chi connectivity index (χ1n) is 7.49. The Kier molecular flexibility index (Phi) is 9.98. The van der Waals surface area contributed by atoms with E-state index in [1.165, 1.54) is 0 Å². The highest BCUT2D eigenvalue weighted by Gasteiger charge is 2.03. The summed E-state index contributed by atoms with van der Waals surface area (Å²) in [7, 11) is 3.15. The van der Waals surface area contributed by atoms with Crippen LogP contribution in [-0.4, -0.2) is 62.9 Å². The quantitative estimate of drug-likeness (QED) is 0.431. The molecule has 126 valence electrons. The molecule has 0 aliphatic heterocycles. The molecule has 0 aliphatic rings. The van der Waals surface area contributed by atoms with Gasteiger partial charge in [-0.1, -0.05) is 24.3 Å². The Bertz CT molecular complexity index is 349. The predicted molar refractivity (Wildman–Crippen MR) is 85.6 cm³/mol. The van der Waals surface area contributed by atoms with Crippen molar-refractivity contribution in [2.75, 3.05) is 40.5 Å². The van der Waals surface area contributed by atoms with E-state index >= 15 is 0 Å². The van der Waals surface area contributed by atoms with E-state index in [1.807, 2.05) is 0 Å². The minimum Gasteiger partial charge on any atom is -0.389 e. The summed E-state index contributed by atoms with van der Waals surface area (Å²) < 4.78 is 9.74. The second-order valence-electron chi connectivity index (χ2n) is 5.30. The molecular weight excluding hydrogens is 284 g/mol. The summed E-state index contributed by atoms with van der Waals surface area (Å²) in [6.45, 7) is 3.12. The van der Waals surface area contributed by atoms with Gasteiger partial charge < -0.3 is 30.3 Å². The number of aliphatic hydroxyl groups is 2. The molecule has 0 spiro atoms. The Morgan fingerprint density at radius 1 is 0.818 bits per heavy atom. The summed E-state index contributed by atoms with van der Waals surface area (Å²) in [5.41, 5.74) is 2.32. The first-order chi connectivity index (χ1) is 10.7. The molecule has 6 nitrogen and oxygen atoms in total. The molecule has 1 rings (SSSR count). The summed E-state index contributed by atoms with van der Waals surface area (Å²) in [6.07, 6.45) is -0.959. The van der Waals surface area contributed by atoms with Crippen LogP contribution in [0.3, 0.4) is 0 Å². The third-order valence-corrected chi connectivity index (χ3v) is 3.16. The van der Waals surface area contributed by atoms with Crippen LogP contribution in [0.25, 0.3) is 0 Å². The van der Waals surface area contributed by atoms with Gasteiger partial charge in [-0.25, -0.2) is 0 Å². The van der Waals surface area contributed by atoms with Gasteiger partial charge in [-0.2, -0.15) is 0 Å². The number of hydrogen-bond acceptors (Lipinski definition) is 6. The summed E-state index contributed by atoms with van der Waals surface area (Å²) in [4.78, 5) is 0. The number of aliphatic hydroxyl groups excluding tert-OH is 2. The maximum atomic E-state index is 9.53. The van der Waals surface area contributed by atoms with E-state index in [2.05, 4.69) is 34.9 Å². The van der Waals surface area contributed by atoms with Crippen LogP contribution in [0.15, 0.2) is 24.3 Å². The number of rotatable bonds is 12. The molecule has 0 radical (unpaired) electrons. The van der Waals surface area contributed by atoms with Crippen molar-refractivity contribution < 1.29 is 19.7 Å². The third-order valence-electron chi connectivity index (χ3n) is 3.16. The monoisotopic (exact) mass is 312 g/mol. The van der Waals surface area contributed by atoms with Crippen molar-refractivity contribution in [3.8, 4) is 0 Å². The zero-order valence-corrected chi connectivity index (χ0v) is 13.4. The normalized spacial score (nSPS) is 14.0. The van der Waals surface area contributed by atoms with E-state index in [9.17, 15) is 10.2 Å². The van der Waals surface area contributed by atoms with Gasteiger partial charge in [0.05, 0.1) is 25.4 Å². The van der Waals surface area contributed by atoms with E-state index in [1.54, 1.807) is 14.2 Å². The average Bonchev–Trinajstić information content (AvgIpc) is 2.49. The van der Waals surface area contributed by atoms with Crippen molar-refractivity contribution in [3.05, 3.63) is 35.4 Å². The first-order valence-corrected chi connectivity index (χ1v) is 7.49. The van der Waals surface area contributed by atoms with Crippen molar-refractivity contribution >= 4 is 0 Å². The summed E-state index contributed by atoms with van der Waals surface area (Å²) >= 11 is 0. The van der Waals surface area contributed by atoms with Crippen LogP contribution in [0, 0.1) is 0 Å². The Balaban J connectivity index is 2.22. The SMILES string of the molecule is COCC(O)CNCc1ccc(CNCC(O)COC)cc1. The molecular formula is C16H28N2O4. The molecule has 0 saturated heterocycles. The van der Waals surface area contributed by atoms with Gasteiger partial charge in [0.25, 0.3) is 0 Å². The second kappa shape index (κ2) is 11.5. The summed E-state index contributed by atoms with van der Waals surface area (Å²) in [5.74, 6) is 0. The lowest BCUT2D eigenvalue weighted by molar-refractivity contribution is 0.0643. The van der Waals surface area contributed by atoms with Crippen molar-refractivity contribution in [2.24, 2.45) is 0 Å². The average molecular weight is 312 g/mol. The molecule has 0 amide bonds. The number of hydrogen-bond donors (Lipinski definition) is 4. The largest absolute Gasteiger partial charge is 0.389 e. The number of nitrogens with one attached hydrogen (secondary N) is 2. The maximum absolute atomic E-state index is 9.53. The van der Waals surface area contributed by atoms with E-state index in [0.29, 0.717) is 39.4 Å². The Labute approximate surface area is 132 Å². The van der Waals surface area contributed by atoms with Gasteiger partial charge in [-0.3, -0.25) is 0 Å². The number of benzene rings is 1. The van der Waals surface area contributed by atoms with Gasteiger partial charge in [0.2, 0.25) is 0 Å². The van der Waals surface area contributed by atoms with Gasteiger partial charge in [-0.15, -0.1) is 0 Å². The number of ether oxygens (including phenoxy) is 2. The standard InChI is InChI=1S/C16H28N2O4/c1-21-11-15(19)9-17-7-13-3-5-14(6-4-13)8-18-10-16(20)12-22-2/h3-6,15-20H,7-12H2,1-2H3. The van der Waals surface area contributed by atoms with Gasteiger partial charge in [0, 0.05) is 40.4 Å². The van der Waals surface area contributed by atoms with Crippen molar-refractivity contribution in [1.82, 2.24) is 10.6 Å². The Morgan fingerprint density at radius 3 is 1.50 bits per heavy atom. The first kappa shape index (κ1) is 19.0. The lowest BCUT2D eigenvalue weighted by Gasteiger charge is -2.12. The molecule has 0 fully saturated rings. The van der Waals surface area contributed by atoms with E-state index in [-0.39, 0.29) is 0 Å². The Hall–Kier alpha value is -1.02. The molecule has 4 N–H and O–H groups in total. The molecule has 0 aliphatic carbocycles. The van der Waals surface area contributed by atoms with Crippen LogP contribution in [-0.2, 0) is 22.6 Å². The van der Waals surface area contributed by atoms with Crippen molar-refractivity contribution in [2.45, 2.75) is 25.3 Å². The van der Waals surface area contributed by atoms with Crippen LogP contribution >= 0.6 is 0 Å². The molecule has 0 bridgehead atoms. The minimum atomic E-state index is -0.480. The zero-order valence-electron chi connectivity index (χ0n) is 13.4. The Morgan fingerprint density at radius 2 is 1.18 bits per heavy atom. The fourth-order valence-electron chi connectivity index (χ4n) is 2.04. The van der Waals surface area contributed by atoms with Crippen molar-refractivity contribution in [1.29, 1.82) is 0 Å². The fourth-order valence-corrected chi connectivity index (χ4v) is 2.04. The van der Waals surface area contributed by atoms with Gasteiger partial charge in [0.1, 0.15) is 0 Å². The smallest absolute Gasteiger partial charge is 0.0897 e. The zero-order chi connectivity index (χ0) is 16.2. The van der Waals surface area contributed by atoms with E-state index < -0.39 is 12.2 Å². The molecule has 1 aromatic carbocycles. The van der Waals surface area contributed by atoms with Gasteiger partial charge in [-0.05, 0) is 11.1 Å². The highest BCUT2D eigenvalue weighted by atomic mass is 16.5. The van der Waals surface area contributed by atoms with Gasteiger partial charge >= 0.3 is 0 Å². The summed E-state index contributed by atoms with van der Waals surface area (Å²) in [6, 6.07) is 8.22.